The van der Waals surface area contributed by atoms with Crippen molar-refractivity contribution in [1.29, 1.82) is 5.26 Å². The third kappa shape index (κ3) is 7.41. The first-order valence-electron chi connectivity index (χ1n) is 20.5. The minimum absolute atomic E-state index is 0.0335. The molecule has 8 rings (SSSR count). The van der Waals surface area contributed by atoms with E-state index in [1.807, 2.05) is 64.1 Å². The second-order valence-corrected chi connectivity index (χ2v) is 17.7. The van der Waals surface area contributed by atoms with Crippen LogP contribution in [0.2, 0.25) is 0 Å². The predicted molar refractivity (Wildman–Crippen MR) is 217 cm³/mol. The zero-order valence-electron chi connectivity index (χ0n) is 33.9. The molecule has 59 heavy (non-hydrogen) atoms. The van der Waals surface area contributed by atoms with E-state index in [9.17, 15) is 28.4 Å². The van der Waals surface area contributed by atoms with E-state index in [1.54, 1.807) is 18.2 Å². The van der Waals surface area contributed by atoms with Crippen LogP contribution in [0, 0.1) is 33.9 Å². The van der Waals surface area contributed by atoms with Crippen molar-refractivity contribution in [1.82, 2.24) is 20.4 Å². The Morgan fingerprint density at radius 1 is 0.831 bits per heavy atom. The molecule has 3 aromatic rings. The van der Waals surface area contributed by atoms with Crippen LogP contribution in [0.1, 0.15) is 90.0 Å². The molecule has 4 fully saturated rings. The number of nitrogens with zero attached hydrogens (tertiary/aromatic N) is 5. The van der Waals surface area contributed by atoms with Gasteiger partial charge in [0.1, 0.15) is 29.8 Å². The van der Waals surface area contributed by atoms with Crippen LogP contribution in [0.25, 0.3) is 0 Å². The number of fused-ring (bicyclic) bond motifs is 1. The van der Waals surface area contributed by atoms with E-state index >= 15 is 0 Å². The SMILES string of the molecule is CC1(C)[C@H](NC(=O)c2ccc(N3CCN(CC4CCN(c5ccc6c(c5)C(=O)N(C5CCC(=O)NC5=O)C6=O)CC4)CC3)cc2)C(C)(C)[C@H]1Oc1ccc(C#N)c(F)c1. The molecule has 0 radical (unpaired) electrons. The maximum atomic E-state index is 14.3. The molecule has 5 aliphatic rings. The highest BCUT2D eigenvalue weighted by molar-refractivity contribution is 6.23. The van der Waals surface area contributed by atoms with Crippen LogP contribution < -0.4 is 25.2 Å². The number of halogens is 1. The lowest BCUT2D eigenvalue weighted by molar-refractivity contribution is -0.164. The molecule has 4 heterocycles. The second-order valence-electron chi connectivity index (χ2n) is 17.7. The van der Waals surface area contributed by atoms with Crippen molar-refractivity contribution in [3.05, 3.63) is 88.7 Å². The summed E-state index contributed by atoms with van der Waals surface area (Å²) < 4.78 is 20.5. The number of piperazine rings is 1. The largest absolute Gasteiger partial charge is 0.489 e. The highest BCUT2D eigenvalue weighted by Gasteiger charge is 2.64. The first kappa shape index (κ1) is 40.0. The van der Waals surface area contributed by atoms with E-state index in [1.165, 1.54) is 12.1 Å². The number of imide groups is 2. The monoisotopic (exact) mass is 803 g/mol. The molecular formula is C45H50FN7O6. The molecule has 3 aromatic carbocycles. The van der Waals surface area contributed by atoms with Gasteiger partial charge in [0, 0.05) is 92.1 Å². The number of carbonyl (C=O) groups is 5. The van der Waals surface area contributed by atoms with Gasteiger partial charge in [-0.25, -0.2) is 4.39 Å². The minimum atomic E-state index is -0.978. The van der Waals surface area contributed by atoms with E-state index in [0.717, 1.165) is 74.9 Å². The molecule has 0 aromatic heterocycles. The minimum Gasteiger partial charge on any atom is -0.489 e. The van der Waals surface area contributed by atoms with Crippen molar-refractivity contribution in [3.8, 4) is 11.8 Å². The fraction of sp³-hybridized carbons (Fsp3) is 0.467. The van der Waals surface area contributed by atoms with Crippen molar-refractivity contribution in [2.75, 3.05) is 55.6 Å². The normalized spacial score (nSPS) is 24.3. The van der Waals surface area contributed by atoms with Crippen molar-refractivity contribution in [2.24, 2.45) is 16.7 Å². The van der Waals surface area contributed by atoms with Crippen LogP contribution in [0.15, 0.2) is 60.7 Å². The molecule has 1 atom stereocenters. The van der Waals surface area contributed by atoms with Gasteiger partial charge < -0.3 is 19.9 Å². The van der Waals surface area contributed by atoms with Gasteiger partial charge in [0.15, 0.2) is 0 Å². The van der Waals surface area contributed by atoms with Crippen molar-refractivity contribution < 1.29 is 33.1 Å². The zero-order chi connectivity index (χ0) is 41.8. The van der Waals surface area contributed by atoms with Crippen LogP contribution >= 0.6 is 0 Å². The maximum Gasteiger partial charge on any atom is 0.262 e. The Kier molecular flexibility index (Phi) is 10.4. The number of rotatable bonds is 9. The van der Waals surface area contributed by atoms with Gasteiger partial charge in [-0.2, -0.15) is 5.26 Å². The Labute approximate surface area is 343 Å². The number of ether oxygens (including phenoxy) is 1. The number of nitriles is 1. The molecule has 4 aliphatic heterocycles. The third-order valence-corrected chi connectivity index (χ3v) is 13.2. The topological polar surface area (TPSA) is 155 Å². The molecule has 5 amide bonds. The molecule has 2 N–H and O–H groups in total. The Bertz CT molecular complexity index is 2220. The highest BCUT2D eigenvalue weighted by atomic mass is 19.1. The first-order chi connectivity index (χ1) is 28.1. The molecule has 3 saturated heterocycles. The maximum absolute atomic E-state index is 14.3. The van der Waals surface area contributed by atoms with Gasteiger partial charge in [-0.15, -0.1) is 0 Å². The average Bonchev–Trinajstić information content (AvgIpc) is 3.47. The second kappa shape index (κ2) is 15.4. The summed E-state index contributed by atoms with van der Waals surface area (Å²) in [7, 11) is 0. The van der Waals surface area contributed by atoms with E-state index in [4.69, 9.17) is 10.00 Å². The number of piperidine rings is 2. The van der Waals surface area contributed by atoms with Crippen molar-refractivity contribution >= 4 is 40.9 Å². The molecule has 1 aliphatic carbocycles. The van der Waals surface area contributed by atoms with E-state index in [2.05, 4.69) is 25.3 Å². The molecule has 308 valence electrons. The van der Waals surface area contributed by atoms with Gasteiger partial charge in [-0.05, 0) is 79.8 Å². The van der Waals surface area contributed by atoms with Crippen LogP contribution in [-0.4, -0.2) is 103 Å². The van der Waals surface area contributed by atoms with Gasteiger partial charge >= 0.3 is 0 Å². The van der Waals surface area contributed by atoms with Crippen LogP contribution in [0.3, 0.4) is 0 Å². The van der Waals surface area contributed by atoms with Crippen molar-refractivity contribution in [3.63, 3.8) is 0 Å². The molecular weight excluding hydrogens is 754 g/mol. The number of hydrogen-bond donors (Lipinski definition) is 2. The predicted octanol–water partition coefficient (Wildman–Crippen LogP) is 4.75. The molecule has 1 unspecified atom stereocenters. The average molecular weight is 804 g/mol. The summed E-state index contributed by atoms with van der Waals surface area (Å²) >= 11 is 0. The van der Waals surface area contributed by atoms with Crippen LogP contribution in [0.5, 0.6) is 5.75 Å². The van der Waals surface area contributed by atoms with E-state index in [-0.39, 0.29) is 36.5 Å². The fourth-order valence-electron chi connectivity index (χ4n) is 10.2. The third-order valence-electron chi connectivity index (χ3n) is 13.2. The Hall–Kier alpha value is -5.81. The quantitative estimate of drug-likeness (QED) is 0.290. The Balaban J connectivity index is 0.789. The smallest absolute Gasteiger partial charge is 0.262 e. The molecule has 13 nitrogen and oxygen atoms in total. The summed E-state index contributed by atoms with van der Waals surface area (Å²) in [6.45, 7) is 14.5. The molecule has 0 bridgehead atoms. The summed E-state index contributed by atoms with van der Waals surface area (Å²) in [5, 5.41) is 14.5. The van der Waals surface area contributed by atoms with Gasteiger partial charge in [0.2, 0.25) is 11.8 Å². The number of benzene rings is 3. The number of hydrogen-bond acceptors (Lipinski definition) is 10. The van der Waals surface area contributed by atoms with Gasteiger partial charge in [0.05, 0.1) is 16.7 Å². The fourth-order valence-corrected chi connectivity index (χ4v) is 10.2. The lowest BCUT2D eigenvalue weighted by Gasteiger charge is -2.63. The Morgan fingerprint density at radius 2 is 1.47 bits per heavy atom. The number of amides is 5. The standard InChI is InChI=1S/C45H50FN7O6/c1-44(2)42(45(3,4)43(44)59-32-11-7-29(25-47)35(46)24-32)49-38(55)28-5-8-30(9-6-28)52-21-19-50(20-22-52)26-27-15-17-51(18-16-27)31-10-12-33-34(23-31)41(58)53(40(33)57)36-13-14-37(54)48-39(36)56/h5-12,23-24,27,36,42-43H,13-22,26H2,1-4H3,(H,49,55)(H,48,54,56)/t36?,42-,43-. The summed E-state index contributed by atoms with van der Waals surface area (Å²) in [4.78, 5) is 72.1. The summed E-state index contributed by atoms with van der Waals surface area (Å²) in [6.07, 6.45) is 1.95. The molecule has 1 saturated carbocycles. The van der Waals surface area contributed by atoms with Gasteiger partial charge in [-0.1, -0.05) is 27.7 Å². The lowest BCUT2D eigenvalue weighted by atomic mass is 9.49. The van der Waals surface area contributed by atoms with E-state index in [0.29, 0.717) is 28.4 Å². The summed E-state index contributed by atoms with van der Waals surface area (Å²) in [5.74, 6) is -1.87. The summed E-state index contributed by atoms with van der Waals surface area (Å²) in [5.41, 5.74) is 2.25. The van der Waals surface area contributed by atoms with Crippen molar-refractivity contribution in [2.45, 2.75) is 71.6 Å². The number of anilines is 2. The zero-order valence-corrected chi connectivity index (χ0v) is 33.9. The lowest BCUT2D eigenvalue weighted by Crippen LogP contribution is -2.74. The summed E-state index contributed by atoms with van der Waals surface area (Å²) in [6, 6.07) is 18.0. The Morgan fingerprint density at radius 3 is 2.12 bits per heavy atom. The molecule has 14 heteroatoms. The first-order valence-corrected chi connectivity index (χ1v) is 20.5. The van der Waals surface area contributed by atoms with Crippen LogP contribution in [-0.2, 0) is 9.59 Å². The van der Waals surface area contributed by atoms with E-state index < -0.39 is 46.3 Å². The molecule has 0 spiro atoms. The number of nitrogens with one attached hydrogen (secondary N) is 2. The number of carbonyl (C=O) groups excluding carboxylic acids is 5. The van der Waals surface area contributed by atoms with Crippen LogP contribution in [0.4, 0.5) is 15.8 Å². The van der Waals surface area contributed by atoms with Gasteiger partial charge in [0.25, 0.3) is 17.7 Å². The highest BCUT2D eigenvalue weighted by Crippen LogP contribution is 2.55. The van der Waals surface area contributed by atoms with Gasteiger partial charge in [-0.3, -0.25) is 39.1 Å².